The minimum Gasteiger partial charge on any atom is -0.369 e. The number of aromatic nitrogens is 3. The molecule has 0 aliphatic rings. The van der Waals surface area contributed by atoms with E-state index >= 15 is 0 Å². The number of hydrogen-bond acceptors (Lipinski definition) is 4. The maximum Gasteiger partial charge on any atom is 0.180 e. The fourth-order valence-electron chi connectivity index (χ4n) is 1.80. The molecule has 0 aromatic carbocycles. The molecule has 0 fully saturated rings. The van der Waals surface area contributed by atoms with Gasteiger partial charge in [-0.1, -0.05) is 24.9 Å². The largest absolute Gasteiger partial charge is 0.369 e. The second-order valence-electron chi connectivity index (χ2n) is 4.30. The Kier molecular flexibility index (Phi) is 5.31. The minimum atomic E-state index is 0.603. The normalized spacial score (nSPS) is 10.6. The SMILES string of the molecule is CCCc1nc(-c2ccc(Cl)cn2)nc(NCC)c1Br. The van der Waals surface area contributed by atoms with Crippen molar-refractivity contribution in [2.45, 2.75) is 26.7 Å². The van der Waals surface area contributed by atoms with Crippen molar-refractivity contribution < 1.29 is 0 Å². The Morgan fingerprint density at radius 2 is 2.05 bits per heavy atom. The fourth-order valence-corrected chi connectivity index (χ4v) is 2.43. The molecule has 0 atom stereocenters. The third kappa shape index (κ3) is 3.46. The molecule has 6 heteroatoms. The van der Waals surface area contributed by atoms with Gasteiger partial charge in [0.2, 0.25) is 0 Å². The zero-order chi connectivity index (χ0) is 14.5. The summed E-state index contributed by atoms with van der Waals surface area (Å²) in [6.45, 7) is 4.96. The summed E-state index contributed by atoms with van der Waals surface area (Å²) in [6.07, 6.45) is 3.52. The van der Waals surface area contributed by atoms with Crippen LogP contribution in [0.3, 0.4) is 0 Å². The van der Waals surface area contributed by atoms with Gasteiger partial charge >= 0.3 is 0 Å². The third-order valence-electron chi connectivity index (χ3n) is 2.71. The van der Waals surface area contributed by atoms with Gasteiger partial charge in [0.05, 0.1) is 15.2 Å². The number of rotatable bonds is 5. The molecular formula is C14H16BrClN4. The molecule has 0 aliphatic carbocycles. The van der Waals surface area contributed by atoms with Crippen molar-refractivity contribution >= 4 is 33.3 Å². The molecule has 106 valence electrons. The highest BCUT2D eigenvalue weighted by atomic mass is 79.9. The lowest BCUT2D eigenvalue weighted by molar-refractivity contribution is 0.866. The maximum atomic E-state index is 5.86. The molecule has 0 saturated heterocycles. The van der Waals surface area contributed by atoms with Crippen molar-refractivity contribution in [1.29, 1.82) is 0 Å². The highest BCUT2D eigenvalue weighted by molar-refractivity contribution is 9.10. The predicted molar refractivity (Wildman–Crippen MR) is 86.1 cm³/mol. The van der Waals surface area contributed by atoms with Crippen LogP contribution in [0.4, 0.5) is 5.82 Å². The Labute approximate surface area is 132 Å². The second kappa shape index (κ2) is 6.99. The average Bonchev–Trinajstić information content (AvgIpc) is 2.44. The number of nitrogens with one attached hydrogen (secondary N) is 1. The second-order valence-corrected chi connectivity index (χ2v) is 5.53. The molecule has 20 heavy (non-hydrogen) atoms. The molecule has 0 radical (unpaired) electrons. The Bertz CT molecular complexity index is 559. The molecular weight excluding hydrogens is 340 g/mol. The Hall–Kier alpha value is -1.20. The lowest BCUT2D eigenvalue weighted by atomic mass is 10.2. The number of nitrogens with zero attached hydrogens (tertiary/aromatic N) is 3. The number of anilines is 1. The van der Waals surface area contributed by atoms with Crippen molar-refractivity contribution in [2.75, 3.05) is 11.9 Å². The summed E-state index contributed by atoms with van der Waals surface area (Å²) >= 11 is 9.44. The predicted octanol–water partition coefficient (Wildman–Crippen LogP) is 4.34. The first-order chi connectivity index (χ1) is 9.65. The van der Waals surface area contributed by atoms with E-state index in [1.807, 2.05) is 13.0 Å². The molecule has 2 aromatic heterocycles. The smallest absolute Gasteiger partial charge is 0.180 e. The van der Waals surface area contributed by atoms with E-state index in [9.17, 15) is 0 Å². The van der Waals surface area contributed by atoms with Crippen molar-refractivity contribution in [3.8, 4) is 11.5 Å². The summed E-state index contributed by atoms with van der Waals surface area (Å²) in [6, 6.07) is 3.62. The Morgan fingerprint density at radius 3 is 2.65 bits per heavy atom. The number of aryl methyl sites for hydroxylation is 1. The zero-order valence-corrected chi connectivity index (χ0v) is 13.8. The molecule has 0 spiro atoms. The van der Waals surface area contributed by atoms with Crippen LogP contribution < -0.4 is 5.32 Å². The van der Waals surface area contributed by atoms with Crippen LogP contribution in [0.1, 0.15) is 26.0 Å². The van der Waals surface area contributed by atoms with E-state index in [2.05, 4.69) is 43.1 Å². The van der Waals surface area contributed by atoms with E-state index in [4.69, 9.17) is 11.6 Å². The van der Waals surface area contributed by atoms with Gasteiger partial charge in [0.1, 0.15) is 11.5 Å². The minimum absolute atomic E-state index is 0.603. The average molecular weight is 356 g/mol. The summed E-state index contributed by atoms with van der Waals surface area (Å²) in [5.41, 5.74) is 1.71. The standard InChI is InChI=1S/C14H16BrClN4/c1-3-5-10-12(15)14(17-4-2)20-13(19-10)11-7-6-9(16)8-18-11/h6-8H,3-5H2,1-2H3,(H,17,19,20). The molecule has 0 unspecified atom stereocenters. The lowest BCUT2D eigenvalue weighted by Crippen LogP contribution is -2.06. The van der Waals surface area contributed by atoms with Crippen LogP contribution in [0.5, 0.6) is 0 Å². The quantitative estimate of drug-likeness (QED) is 0.867. The van der Waals surface area contributed by atoms with Gasteiger partial charge in [-0.25, -0.2) is 9.97 Å². The molecule has 2 rings (SSSR count). The Morgan fingerprint density at radius 1 is 1.25 bits per heavy atom. The number of halogens is 2. The molecule has 4 nitrogen and oxygen atoms in total. The van der Waals surface area contributed by atoms with Crippen molar-refractivity contribution in [3.05, 3.63) is 33.5 Å². The summed E-state index contributed by atoms with van der Waals surface area (Å²) in [5.74, 6) is 1.42. The zero-order valence-electron chi connectivity index (χ0n) is 11.5. The monoisotopic (exact) mass is 354 g/mol. The molecule has 1 N–H and O–H groups in total. The topological polar surface area (TPSA) is 50.7 Å². The van der Waals surface area contributed by atoms with E-state index in [1.165, 1.54) is 0 Å². The van der Waals surface area contributed by atoms with Gasteiger partial charge in [-0.3, -0.25) is 4.98 Å². The maximum absolute atomic E-state index is 5.86. The van der Waals surface area contributed by atoms with Gasteiger partial charge in [0.15, 0.2) is 5.82 Å². The lowest BCUT2D eigenvalue weighted by Gasteiger charge is -2.11. The van der Waals surface area contributed by atoms with Crippen LogP contribution in [0, 0.1) is 0 Å². The van der Waals surface area contributed by atoms with Crippen molar-refractivity contribution in [1.82, 2.24) is 15.0 Å². The van der Waals surface area contributed by atoms with Crippen molar-refractivity contribution in [2.24, 2.45) is 0 Å². The van der Waals surface area contributed by atoms with E-state index in [1.54, 1.807) is 12.3 Å². The molecule has 0 saturated carbocycles. The Balaban J connectivity index is 2.49. The van der Waals surface area contributed by atoms with Gasteiger partial charge < -0.3 is 5.32 Å². The number of hydrogen-bond donors (Lipinski definition) is 1. The molecule has 0 bridgehead atoms. The van der Waals surface area contributed by atoms with Crippen LogP contribution in [-0.2, 0) is 6.42 Å². The summed E-state index contributed by atoms with van der Waals surface area (Å²) < 4.78 is 0.930. The van der Waals surface area contributed by atoms with Crippen LogP contribution >= 0.6 is 27.5 Å². The van der Waals surface area contributed by atoms with E-state index in [0.29, 0.717) is 10.8 Å². The first-order valence-corrected chi connectivity index (χ1v) is 7.75. The van der Waals surface area contributed by atoms with Crippen LogP contribution in [-0.4, -0.2) is 21.5 Å². The highest BCUT2D eigenvalue weighted by Crippen LogP contribution is 2.27. The summed E-state index contributed by atoms with van der Waals surface area (Å²) in [7, 11) is 0. The third-order valence-corrected chi connectivity index (χ3v) is 3.76. The van der Waals surface area contributed by atoms with Crippen molar-refractivity contribution in [3.63, 3.8) is 0 Å². The van der Waals surface area contributed by atoms with E-state index in [0.717, 1.165) is 41.1 Å². The van der Waals surface area contributed by atoms with Gasteiger partial charge in [-0.2, -0.15) is 0 Å². The summed E-state index contributed by atoms with van der Waals surface area (Å²) in [5, 5.41) is 3.85. The molecule has 0 amide bonds. The first kappa shape index (κ1) is 15.2. The van der Waals surface area contributed by atoms with Crippen LogP contribution in [0.2, 0.25) is 5.02 Å². The molecule has 2 aromatic rings. The number of pyridine rings is 1. The first-order valence-electron chi connectivity index (χ1n) is 6.57. The van der Waals surface area contributed by atoms with E-state index < -0.39 is 0 Å². The molecule has 0 aliphatic heterocycles. The van der Waals surface area contributed by atoms with Crippen LogP contribution in [0.25, 0.3) is 11.5 Å². The summed E-state index contributed by atoms with van der Waals surface area (Å²) in [4.78, 5) is 13.4. The molecule has 2 heterocycles. The van der Waals surface area contributed by atoms with Gasteiger partial charge in [-0.15, -0.1) is 0 Å². The van der Waals surface area contributed by atoms with Gasteiger partial charge in [-0.05, 0) is 41.4 Å². The fraction of sp³-hybridized carbons (Fsp3) is 0.357. The van der Waals surface area contributed by atoms with Crippen LogP contribution in [0.15, 0.2) is 22.8 Å². The highest BCUT2D eigenvalue weighted by Gasteiger charge is 2.13. The van der Waals surface area contributed by atoms with E-state index in [-0.39, 0.29) is 0 Å². The van der Waals surface area contributed by atoms with Gasteiger partial charge in [0, 0.05) is 12.7 Å². The van der Waals surface area contributed by atoms with Gasteiger partial charge in [0.25, 0.3) is 0 Å².